The average Bonchev–Trinajstić information content (AvgIpc) is 3.10. The van der Waals surface area contributed by atoms with Gasteiger partial charge < -0.3 is 0 Å². The highest BCUT2D eigenvalue weighted by molar-refractivity contribution is 5.84. The molecule has 0 aliphatic rings. The molecule has 2 aromatic carbocycles. The Labute approximate surface area is 151 Å². The fourth-order valence-electron chi connectivity index (χ4n) is 2.22. The van der Waals surface area contributed by atoms with Crippen LogP contribution in [0.1, 0.15) is 11.1 Å². The summed E-state index contributed by atoms with van der Waals surface area (Å²) in [6.45, 7) is -0.280. The summed E-state index contributed by atoms with van der Waals surface area (Å²) in [5.41, 5.74) is 1.89. The second-order valence-electron chi connectivity index (χ2n) is 5.39. The smallest absolute Gasteiger partial charge is 0.271 e. The number of tetrazole rings is 1. The van der Waals surface area contributed by atoms with Crippen molar-refractivity contribution in [2.24, 2.45) is 5.10 Å². The number of halogens is 3. The summed E-state index contributed by atoms with van der Waals surface area (Å²) in [6, 6.07) is 14.0. The highest BCUT2D eigenvalue weighted by atomic mass is 19.4. The van der Waals surface area contributed by atoms with Gasteiger partial charge in [0.1, 0.15) is 6.54 Å². The van der Waals surface area contributed by atoms with Gasteiger partial charge in [-0.25, -0.2) is 5.43 Å². The van der Waals surface area contributed by atoms with Gasteiger partial charge in [0.2, 0.25) is 5.82 Å². The van der Waals surface area contributed by atoms with E-state index in [0.717, 1.165) is 22.6 Å². The number of hydrogen-bond acceptors (Lipinski definition) is 5. The molecule has 27 heavy (non-hydrogen) atoms. The van der Waals surface area contributed by atoms with Crippen LogP contribution in [0.5, 0.6) is 0 Å². The average molecular weight is 374 g/mol. The number of hydrazone groups is 1. The lowest BCUT2D eigenvalue weighted by molar-refractivity contribution is -0.137. The van der Waals surface area contributed by atoms with Gasteiger partial charge >= 0.3 is 6.18 Å². The minimum Gasteiger partial charge on any atom is -0.271 e. The van der Waals surface area contributed by atoms with Gasteiger partial charge in [-0.15, -0.1) is 10.2 Å². The molecule has 0 unspecified atom stereocenters. The summed E-state index contributed by atoms with van der Waals surface area (Å²) in [6.07, 6.45) is -3.57. The van der Waals surface area contributed by atoms with Gasteiger partial charge in [-0.1, -0.05) is 48.5 Å². The van der Waals surface area contributed by atoms with E-state index in [9.17, 15) is 18.0 Å². The van der Waals surface area contributed by atoms with E-state index in [1.165, 1.54) is 18.2 Å². The first-order valence-electron chi connectivity index (χ1n) is 7.75. The second-order valence-corrected chi connectivity index (χ2v) is 5.39. The first kappa shape index (κ1) is 18.2. The lowest BCUT2D eigenvalue weighted by atomic mass is 10.1. The van der Waals surface area contributed by atoms with Gasteiger partial charge in [-0.3, -0.25) is 4.79 Å². The lowest BCUT2D eigenvalue weighted by Gasteiger charge is -2.09. The number of nitrogens with one attached hydrogen (secondary N) is 1. The maximum Gasteiger partial charge on any atom is 0.417 e. The van der Waals surface area contributed by atoms with E-state index in [2.05, 4.69) is 25.9 Å². The first-order chi connectivity index (χ1) is 12.9. The zero-order valence-corrected chi connectivity index (χ0v) is 13.8. The van der Waals surface area contributed by atoms with Crippen LogP contribution in [0, 0.1) is 0 Å². The number of carbonyl (C=O) groups excluding carboxylic acids is 1. The molecule has 1 aromatic heterocycles. The number of amides is 1. The van der Waals surface area contributed by atoms with Gasteiger partial charge in [0.05, 0.1) is 11.8 Å². The number of benzene rings is 2. The van der Waals surface area contributed by atoms with Crippen molar-refractivity contribution in [2.45, 2.75) is 12.7 Å². The third-order valence-corrected chi connectivity index (χ3v) is 3.43. The van der Waals surface area contributed by atoms with Gasteiger partial charge in [0.25, 0.3) is 5.91 Å². The fourth-order valence-corrected chi connectivity index (χ4v) is 2.22. The minimum absolute atomic E-state index is 0.157. The highest BCUT2D eigenvalue weighted by Gasteiger charge is 2.32. The van der Waals surface area contributed by atoms with E-state index in [4.69, 9.17) is 0 Å². The Hall–Kier alpha value is -3.56. The maximum absolute atomic E-state index is 12.9. The number of alkyl halides is 3. The van der Waals surface area contributed by atoms with Crippen molar-refractivity contribution >= 4 is 12.1 Å². The molecule has 0 aliphatic carbocycles. The van der Waals surface area contributed by atoms with E-state index in [0.29, 0.717) is 5.82 Å². The predicted molar refractivity (Wildman–Crippen MR) is 90.4 cm³/mol. The first-order valence-corrected chi connectivity index (χ1v) is 7.75. The largest absolute Gasteiger partial charge is 0.417 e. The Morgan fingerprint density at radius 3 is 2.56 bits per heavy atom. The molecule has 0 bridgehead atoms. The van der Waals surface area contributed by atoms with Crippen LogP contribution < -0.4 is 5.43 Å². The number of aromatic nitrogens is 4. The van der Waals surface area contributed by atoms with E-state index >= 15 is 0 Å². The van der Waals surface area contributed by atoms with Crippen LogP contribution in [0.2, 0.25) is 0 Å². The molecule has 0 radical (unpaired) electrons. The van der Waals surface area contributed by atoms with Gasteiger partial charge in [0.15, 0.2) is 0 Å². The van der Waals surface area contributed by atoms with Gasteiger partial charge in [-0.05, 0) is 11.3 Å². The van der Waals surface area contributed by atoms with E-state index in [1.54, 1.807) is 12.1 Å². The van der Waals surface area contributed by atoms with Crippen molar-refractivity contribution in [3.63, 3.8) is 0 Å². The number of rotatable bonds is 5. The molecule has 0 aliphatic heterocycles. The molecule has 0 fully saturated rings. The molecule has 1 amide bonds. The van der Waals surface area contributed by atoms with Gasteiger partial charge in [0, 0.05) is 11.1 Å². The molecule has 1 N–H and O–H groups in total. The molecule has 7 nitrogen and oxygen atoms in total. The monoisotopic (exact) mass is 374 g/mol. The molecule has 1 heterocycles. The van der Waals surface area contributed by atoms with Crippen LogP contribution in [-0.2, 0) is 17.5 Å². The summed E-state index contributed by atoms with van der Waals surface area (Å²) in [5.74, 6) is -0.251. The molecule has 0 saturated carbocycles. The maximum atomic E-state index is 12.9. The topological polar surface area (TPSA) is 85.1 Å². The molecule has 138 valence electrons. The summed E-state index contributed by atoms with van der Waals surface area (Å²) in [5, 5.41) is 15.2. The number of nitrogens with zero attached hydrogens (tertiary/aromatic N) is 5. The van der Waals surface area contributed by atoms with Crippen LogP contribution in [0.4, 0.5) is 13.2 Å². The molecule has 10 heteroatoms. The van der Waals surface area contributed by atoms with Crippen LogP contribution in [0.25, 0.3) is 11.4 Å². The Morgan fingerprint density at radius 2 is 1.81 bits per heavy atom. The van der Waals surface area contributed by atoms with Crippen LogP contribution in [0.3, 0.4) is 0 Å². The van der Waals surface area contributed by atoms with Crippen LogP contribution >= 0.6 is 0 Å². The summed E-state index contributed by atoms with van der Waals surface area (Å²) in [7, 11) is 0. The number of carbonyl (C=O) groups is 1. The quantitative estimate of drug-likeness (QED) is 0.549. The molecule has 3 rings (SSSR count). The molecule has 0 saturated heterocycles. The Morgan fingerprint density at radius 1 is 1.11 bits per heavy atom. The van der Waals surface area contributed by atoms with Crippen molar-refractivity contribution in [1.29, 1.82) is 0 Å². The van der Waals surface area contributed by atoms with E-state index < -0.39 is 17.6 Å². The van der Waals surface area contributed by atoms with Crippen LogP contribution in [-0.4, -0.2) is 32.3 Å². The fraction of sp³-hybridized carbons (Fsp3) is 0.118. The molecular formula is C17H13F3N6O. The minimum atomic E-state index is -4.51. The third-order valence-electron chi connectivity index (χ3n) is 3.43. The standard InChI is InChI=1S/C17H13F3N6O/c18-17(19,20)14-9-5-4-8-13(14)10-21-22-15(27)11-26-24-16(23-25-26)12-6-2-1-3-7-12/h1-10H,11H2,(H,22,27)/b21-10-. The Kier molecular flexibility index (Phi) is 5.25. The molecular weight excluding hydrogens is 361 g/mol. The SMILES string of the molecule is O=C(Cn1nnc(-c2ccccc2)n1)N/N=C\c1ccccc1C(F)(F)F. The summed E-state index contributed by atoms with van der Waals surface area (Å²) >= 11 is 0. The molecule has 3 aromatic rings. The van der Waals surface area contributed by atoms with E-state index in [-0.39, 0.29) is 12.1 Å². The zero-order valence-electron chi connectivity index (χ0n) is 13.8. The predicted octanol–water partition coefficient (Wildman–Crippen LogP) is 2.51. The normalized spacial score (nSPS) is 11.7. The van der Waals surface area contributed by atoms with Crippen molar-refractivity contribution in [3.05, 3.63) is 65.7 Å². The lowest BCUT2D eigenvalue weighted by Crippen LogP contribution is -2.24. The van der Waals surface area contributed by atoms with Crippen LogP contribution in [0.15, 0.2) is 59.7 Å². The van der Waals surface area contributed by atoms with Crippen molar-refractivity contribution < 1.29 is 18.0 Å². The van der Waals surface area contributed by atoms with E-state index in [1.807, 2.05) is 18.2 Å². The Bertz CT molecular complexity index is 953. The van der Waals surface area contributed by atoms with Gasteiger partial charge in [-0.2, -0.15) is 23.1 Å². The summed E-state index contributed by atoms with van der Waals surface area (Å²) < 4.78 is 38.7. The van der Waals surface area contributed by atoms with Crippen molar-refractivity contribution in [3.8, 4) is 11.4 Å². The molecule has 0 spiro atoms. The van der Waals surface area contributed by atoms with Crippen molar-refractivity contribution in [1.82, 2.24) is 25.6 Å². The van der Waals surface area contributed by atoms with Crippen molar-refractivity contribution in [2.75, 3.05) is 0 Å². The highest BCUT2D eigenvalue weighted by Crippen LogP contribution is 2.30. The third kappa shape index (κ3) is 4.75. The molecule has 0 atom stereocenters. The summed E-state index contributed by atoms with van der Waals surface area (Å²) in [4.78, 5) is 12.9. The second kappa shape index (κ2) is 7.77. The zero-order chi connectivity index (χ0) is 19.3. The number of hydrogen-bond donors (Lipinski definition) is 1. The Balaban J connectivity index is 1.61.